The fourth-order valence-electron chi connectivity index (χ4n) is 3.10. The monoisotopic (exact) mass is 433 g/mol. The quantitative estimate of drug-likeness (QED) is 0.217. The summed E-state index contributed by atoms with van der Waals surface area (Å²) in [5, 5.41) is 30.9. The molecule has 0 saturated carbocycles. The normalized spacial score (nSPS) is 11.1. The number of phenols is 1. The van der Waals surface area contributed by atoms with Gasteiger partial charge < -0.3 is 14.9 Å². The number of hydrogen-bond acceptors (Lipinski definition) is 6. The van der Waals surface area contributed by atoms with Crippen molar-refractivity contribution in [3.05, 3.63) is 88.5 Å². The summed E-state index contributed by atoms with van der Waals surface area (Å²) in [7, 11) is 0. The first kappa shape index (κ1) is 20.1. The summed E-state index contributed by atoms with van der Waals surface area (Å²) in [6.45, 7) is 0. The minimum absolute atomic E-state index is 0.0442. The summed E-state index contributed by atoms with van der Waals surface area (Å²) < 4.78 is 6.86. The predicted molar refractivity (Wildman–Crippen MR) is 119 cm³/mol. The second-order valence-electron chi connectivity index (χ2n) is 6.56. The van der Waals surface area contributed by atoms with Gasteiger partial charge in [-0.05, 0) is 48.0 Å². The highest BCUT2D eigenvalue weighted by molar-refractivity contribution is 7.22. The molecule has 0 bridgehead atoms. The molecule has 0 spiro atoms. The van der Waals surface area contributed by atoms with Crippen molar-refractivity contribution in [3.8, 4) is 27.7 Å². The van der Waals surface area contributed by atoms with Gasteiger partial charge in [0, 0.05) is 22.2 Å². The van der Waals surface area contributed by atoms with Crippen LogP contribution in [0.15, 0.2) is 72.8 Å². The molecule has 31 heavy (non-hydrogen) atoms. The molecule has 0 amide bonds. The summed E-state index contributed by atoms with van der Waals surface area (Å²) in [5.41, 5.74) is 1.07. The molecule has 8 heteroatoms. The fourth-order valence-corrected chi connectivity index (χ4v) is 4.29. The predicted octanol–water partition coefficient (Wildman–Crippen LogP) is 6.07. The van der Waals surface area contributed by atoms with Crippen LogP contribution >= 0.6 is 11.3 Å². The van der Waals surface area contributed by atoms with Gasteiger partial charge in [-0.1, -0.05) is 24.3 Å². The van der Waals surface area contributed by atoms with E-state index in [4.69, 9.17) is 9.84 Å². The van der Waals surface area contributed by atoms with Gasteiger partial charge in [0.15, 0.2) is 5.75 Å². The Morgan fingerprint density at radius 2 is 1.81 bits per heavy atom. The molecule has 7 nitrogen and oxygen atoms in total. The van der Waals surface area contributed by atoms with Gasteiger partial charge in [0.2, 0.25) is 0 Å². The van der Waals surface area contributed by atoms with Crippen LogP contribution in [0, 0.1) is 10.1 Å². The number of fused-ring (bicyclic) bond motifs is 1. The first-order valence-corrected chi connectivity index (χ1v) is 9.92. The van der Waals surface area contributed by atoms with Crippen LogP contribution in [0.5, 0.6) is 17.2 Å². The van der Waals surface area contributed by atoms with Crippen LogP contribution in [-0.4, -0.2) is 21.1 Å². The zero-order valence-corrected chi connectivity index (χ0v) is 16.7. The molecule has 0 aliphatic carbocycles. The Morgan fingerprint density at radius 1 is 1.06 bits per heavy atom. The number of para-hydroxylation sites is 1. The minimum Gasteiger partial charge on any atom is -0.508 e. The number of carboxylic acid groups (broad SMARTS) is 1. The number of rotatable bonds is 6. The average molecular weight is 433 g/mol. The van der Waals surface area contributed by atoms with Gasteiger partial charge in [0.05, 0.1) is 15.4 Å². The van der Waals surface area contributed by atoms with E-state index in [-0.39, 0.29) is 11.4 Å². The van der Waals surface area contributed by atoms with Gasteiger partial charge in [0.1, 0.15) is 11.5 Å². The first-order chi connectivity index (χ1) is 14.9. The van der Waals surface area contributed by atoms with E-state index < -0.39 is 10.9 Å². The molecule has 0 atom stereocenters. The molecule has 1 aromatic heterocycles. The van der Waals surface area contributed by atoms with Crippen molar-refractivity contribution in [1.29, 1.82) is 0 Å². The molecule has 4 rings (SSSR count). The molecule has 154 valence electrons. The van der Waals surface area contributed by atoms with Crippen LogP contribution in [0.4, 0.5) is 5.69 Å². The van der Waals surface area contributed by atoms with E-state index in [9.17, 15) is 20.0 Å². The lowest BCUT2D eigenvalue weighted by atomic mass is 10.1. The van der Waals surface area contributed by atoms with Crippen molar-refractivity contribution >= 4 is 39.2 Å². The van der Waals surface area contributed by atoms with E-state index in [1.807, 2.05) is 0 Å². The summed E-state index contributed by atoms with van der Waals surface area (Å²) in [6, 6.07) is 18.0. The molecule has 0 aliphatic heterocycles. The molecule has 1 heterocycles. The maximum absolute atomic E-state index is 11.6. The van der Waals surface area contributed by atoms with Crippen LogP contribution in [-0.2, 0) is 4.79 Å². The van der Waals surface area contributed by atoms with Crippen LogP contribution < -0.4 is 4.74 Å². The third-order valence-electron chi connectivity index (χ3n) is 4.49. The second kappa shape index (κ2) is 8.29. The van der Waals surface area contributed by atoms with E-state index in [0.29, 0.717) is 32.9 Å². The zero-order valence-electron chi connectivity index (χ0n) is 15.9. The fraction of sp³-hybridized carbons (Fsp3) is 0. The minimum atomic E-state index is -1.04. The number of phenolic OH excluding ortho intramolecular Hbond substituents is 1. The van der Waals surface area contributed by atoms with Gasteiger partial charge in [-0.3, -0.25) is 10.1 Å². The van der Waals surface area contributed by atoms with Crippen molar-refractivity contribution in [2.45, 2.75) is 0 Å². The van der Waals surface area contributed by atoms with Gasteiger partial charge in [-0.25, -0.2) is 4.79 Å². The molecule has 3 aromatic carbocycles. The van der Waals surface area contributed by atoms with Crippen LogP contribution in [0.3, 0.4) is 0 Å². The SMILES string of the molecule is O=C(O)/C=C/c1ccc(Oc2c(-c3ccccc3[N+](=O)[O-])sc3cc(O)ccc23)cc1. The third-order valence-corrected chi connectivity index (χ3v) is 5.66. The highest BCUT2D eigenvalue weighted by Gasteiger charge is 2.23. The van der Waals surface area contributed by atoms with Crippen LogP contribution in [0.2, 0.25) is 0 Å². The Morgan fingerprint density at radius 3 is 2.52 bits per heavy atom. The van der Waals surface area contributed by atoms with Gasteiger partial charge in [-0.2, -0.15) is 0 Å². The number of aromatic hydroxyl groups is 1. The Labute approximate surface area is 180 Å². The number of thiophene rings is 1. The van der Waals surface area contributed by atoms with E-state index in [0.717, 1.165) is 10.8 Å². The van der Waals surface area contributed by atoms with Crippen LogP contribution in [0.25, 0.3) is 26.6 Å². The van der Waals surface area contributed by atoms with Crippen LogP contribution in [0.1, 0.15) is 5.56 Å². The second-order valence-corrected chi connectivity index (χ2v) is 7.61. The number of ether oxygens (including phenoxy) is 1. The molecular formula is C23H15NO6S. The average Bonchev–Trinajstić information content (AvgIpc) is 3.10. The molecule has 0 fully saturated rings. The van der Waals surface area contributed by atoms with Crippen molar-refractivity contribution < 1.29 is 24.7 Å². The number of nitro benzene ring substituents is 1. The third kappa shape index (κ3) is 4.24. The van der Waals surface area contributed by atoms with E-state index in [1.54, 1.807) is 54.6 Å². The number of benzene rings is 3. The maximum Gasteiger partial charge on any atom is 0.328 e. The Hall–Kier alpha value is -4.17. The summed E-state index contributed by atoms with van der Waals surface area (Å²) in [4.78, 5) is 22.4. The topological polar surface area (TPSA) is 110 Å². The molecule has 4 aromatic rings. The smallest absolute Gasteiger partial charge is 0.328 e. The highest BCUT2D eigenvalue weighted by Crippen LogP contribution is 2.49. The van der Waals surface area contributed by atoms with Gasteiger partial charge >= 0.3 is 5.97 Å². The molecule has 0 saturated heterocycles. The molecule has 0 aliphatic rings. The number of nitro groups is 1. The molecule has 0 unspecified atom stereocenters. The number of hydrogen-bond donors (Lipinski definition) is 2. The summed E-state index contributed by atoms with van der Waals surface area (Å²) in [6.07, 6.45) is 2.51. The zero-order chi connectivity index (χ0) is 22.0. The summed E-state index contributed by atoms with van der Waals surface area (Å²) in [5.74, 6) is -0.0189. The Balaban J connectivity index is 1.81. The number of aliphatic carboxylic acids is 1. The van der Waals surface area contributed by atoms with Crippen molar-refractivity contribution in [1.82, 2.24) is 0 Å². The van der Waals surface area contributed by atoms with E-state index in [2.05, 4.69) is 0 Å². The lowest BCUT2D eigenvalue weighted by Crippen LogP contribution is -1.92. The van der Waals surface area contributed by atoms with Gasteiger partial charge in [0.25, 0.3) is 5.69 Å². The molecule has 0 radical (unpaired) electrons. The Bertz CT molecular complexity index is 1320. The van der Waals surface area contributed by atoms with E-state index >= 15 is 0 Å². The van der Waals surface area contributed by atoms with E-state index in [1.165, 1.54) is 29.5 Å². The lowest BCUT2D eigenvalue weighted by Gasteiger charge is -2.09. The number of carboxylic acids is 1. The number of nitrogens with zero attached hydrogens (tertiary/aromatic N) is 1. The Kier molecular flexibility index (Phi) is 5.38. The molecule has 2 N–H and O–H groups in total. The largest absolute Gasteiger partial charge is 0.508 e. The van der Waals surface area contributed by atoms with Crippen molar-refractivity contribution in [2.75, 3.05) is 0 Å². The first-order valence-electron chi connectivity index (χ1n) is 9.10. The standard InChI is InChI=1S/C23H15NO6S/c25-15-8-11-18-20(13-15)31-23(17-3-1-2-4-19(17)24(28)29)22(18)30-16-9-5-14(6-10-16)7-12-21(26)27/h1-13,25H,(H,26,27)/b12-7+. The highest BCUT2D eigenvalue weighted by atomic mass is 32.1. The van der Waals surface area contributed by atoms with Crippen molar-refractivity contribution in [3.63, 3.8) is 0 Å². The maximum atomic E-state index is 11.6. The lowest BCUT2D eigenvalue weighted by molar-refractivity contribution is -0.384. The molecular weight excluding hydrogens is 418 g/mol. The van der Waals surface area contributed by atoms with Gasteiger partial charge in [-0.15, -0.1) is 11.3 Å². The van der Waals surface area contributed by atoms with Crippen molar-refractivity contribution in [2.24, 2.45) is 0 Å². The number of carbonyl (C=O) groups is 1. The summed E-state index contributed by atoms with van der Waals surface area (Å²) >= 11 is 1.29.